The largest absolute Gasteiger partial charge is 0.482 e. The van der Waals surface area contributed by atoms with E-state index < -0.39 is 11.7 Å². The van der Waals surface area contributed by atoms with Gasteiger partial charge in [0.05, 0.1) is 16.4 Å². The molecule has 1 aliphatic heterocycles. The maximum Gasteiger partial charge on any atom is 0.265 e. The second-order valence-corrected chi connectivity index (χ2v) is 6.00. The summed E-state index contributed by atoms with van der Waals surface area (Å²) in [7, 11) is 0. The first-order valence-corrected chi connectivity index (χ1v) is 8.14. The van der Waals surface area contributed by atoms with Crippen LogP contribution in [0.4, 0.5) is 10.1 Å². The van der Waals surface area contributed by atoms with E-state index in [-0.39, 0.29) is 24.1 Å². The van der Waals surface area contributed by atoms with Gasteiger partial charge in [-0.15, -0.1) is 0 Å². The van der Waals surface area contributed by atoms with E-state index in [4.69, 9.17) is 16.3 Å². The summed E-state index contributed by atoms with van der Waals surface area (Å²) in [5, 5.41) is 4.16. The van der Waals surface area contributed by atoms with Crippen molar-refractivity contribution < 1.29 is 18.7 Å². The number of hydrogen-bond donors (Lipinski definition) is 1. The molecule has 6 nitrogen and oxygen atoms in total. The maximum absolute atomic E-state index is 13.1. The van der Waals surface area contributed by atoms with Crippen LogP contribution in [-0.2, 0) is 9.59 Å². The third kappa shape index (κ3) is 3.83. The first-order chi connectivity index (χ1) is 12.5. The Kier molecular flexibility index (Phi) is 5.18. The van der Waals surface area contributed by atoms with Crippen LogP contribution in [0.2, 0.25) is 5.02 Å². The number of ether oxygens (including phenoxy) is 1. The fraction of sp³-hybridized carbons (Fsp3) is 0.167. The Bertz CT molecular complexity index is 901. The number of carbonyl (C=O) groups excluding carboxylic acids is 2. The van der Waals surface area contributed by atoms with Gasteiger partial charge in [-0.25, -0.2) is 9.82 Å². The number of amides is 2. The lowest BCUT2D eigenvalue weighted by Crippen LogP contribution is -2.44. The number of nitrogens with one attached hydrogen (secondary N) is 1. The highest BCUT2D eigenvalue weighted by molar-refractivity contribution is 6.34. The van der Waals surface area contributed by atoms with E-state index in [9.17, 15) is 14.0 Å². The molecule has 26 heavy (non-hydrogen) atoms. The van der Waals surface area contributed by atoms with Gasteiger partial charge in [0, 0.05) is 5.56 Å². The smallest absolute Gasteiger partial charge is 0.265 e. The molecule has 0 saturated carbocycles. The molecular formula is C18H15ClFN3O3. The predicted octanol–water partition coefficient (Wildman–Crippen LogP) is 2.74. The number of nitrogens with zero attached hydrogens (tertiary/aromatic N) is 2. The van der Waals surface area contributed by atoms with Gasteiger partial charge in [-0.05, 0) is 37.3 Å². The zero-order valence-electron chi connectivity index (χ0n) is 13.8. The molecule has 1 heterocycles. The van der Waals surface area contributed by atoms with E-state index in [1.54, 1.807) is 31.2 Å². The van der Waals surface area contributed by atoms with Gasteiger partial charge in [0.25, 0.3) is 11.8 Å². The van der Waals surface area contributed by atoms with Crippen molar-refractivity contribution >= 4 is 34.8 Å². The summed E-state index contributed by atoms with van der Waals surface area (Å²) in [6, 6.07) is 10.9. The molecule has 0 atom stereocenters. The van der Waals surface area contributed by atoms with Crippen molar-refractivity contribution in [2.75, 3.05) is 18.1 Å². The zero-order valence-corrected chi connectivity index (χ0v) is 14.6. The van der Waals surface area contributed by atoms with Crippen LogP contribution in [0.15, 0.2) is 47.6 Å². The van der Waals surface area contributed by atoms with Gasteiger partial charge < -0.3 is 4.74 Å². The summed E-state index contributed by atoms with van der Waals surface area (Å²) < 4.78 is 18.4. The monoisotopic (exact) mass is 375 g/mol. The molecule has 0 aliphatic carbocycles. The van der Waals surface area contributed by atoms with Gasteiger partial charge in [-0.2, -0.15) is 5.10 Å². The van der Waals surface area contributed by atoms with Crippen molar-refractivity contribution in [3.05, 3.63) is 58.9 Å². The van der Waals surface area contributed by atoms with Crippen LogP contribution < -0.4 is 15.1 Å². The number of benzene rings is 2. The Morgan fingerprint density at radius 2 is 2.12 bits per heavy atom. The minimum atomic E-state index is -0.479. The number of rotatable bonds is 4. The molecule has 2 amide bonds. The van der Waals surface area contributed by atoms with Crippen LogP contribution in [0.25, 0.3) is 0 Å². The Balaban J connectivity index is 1.70. The molecule has 1 aliphatic rings. The van der Waals surface area contributed by atoms with E-state index in [0.717, 1.165) is 0 Å². The van der Waals surface area contributed by atoms with E-state index >= 15 is 0 Å². The Morgan fingerprint density at radius 1 is 1.35 bits per heavy atom. The highest BCUT2D eigenvalue weighted by atomic mass is 35.5. The van der Waals surface area contributed by atoms with Crippen LogP contribution in [0.1, 0.15) is 12.5 Å². The first-order valence-electron chi connectivity index (χ1n) is 7.76. The number of halogens is 2. The molecule has 0 fully saturated rings. The zero-order chi connectivity index (χ0) is 18.7. The fourth-order valence-electron chi connectivity index (χ4n) is 2.50. The minimum absolute atomic E-state index is 0.127. The molecule has 0 unspecified atom stereocenters. The number of anilines is 1. The van der Waals surface area contributed by atoms with E-state index in [1.807, 2.05) is 0 Å². The van der Waals surface area contributed by atoms with Gasteiger partial charge in [-0.1, -0.05) is 23.7 Å². The van der Waals surface area contributed by atoms with Gasteiger partial charge in [-0.3, -0.25) is 14.5 Å². The van der Waals surface area contributed by atoms with E-state index in [1.165, 1.54) is 23.1 Å². The molecule has 2 aromatic rings. The quantitative estimate of drug-likeness (QED) is 0.659. The summed E-state index contributed by atoms with van der Waals surface area (Å²) >= 11 is 5.97. The van der Waals surface area contributed by atoms with E-state index in [0.29, 0.717) is 22.7 Å². The summed E-state index contributed by atoms with van der Waals surface area (Å²) in [6.07, 6.45) is 0. The van der Waals surface area contributed by atoms with Crippen molar-refractivity contribution in [3.8, 4) is 5.75 Å². The Hall–Kier alpha value is -2.93. The second kappa shape index (κ2) is 7.53. The van der Waals surface area contributed by atoms with Crippen LogP contribution in [0.3, 0.4) is 0 Å². The first kappa shape index (κ1) is 17.9. The average molecular weight is 376 g/mol. The van der Waals surface area contributed by atoms with Gasteiger partial charge >= 0.3 is 0 Å². The number of carbonyl (C=O) groups is 2. The Morgan fingerprint density at radius 3 is 2.88 bits per heavy atom. The standard InChI is InChI=1S/C18H15ClFN3O3/c1-11(13-7-6-12(20)8-14(13)19)21-22-17(24)9-23-15-4-2-3-5-16(15)26-10-18(23)25/h2-8H,9-10H2,1H3,(H,22,24)/b21-11-. The predicted molar refractivity (Wildman–Crippen MR) is 96.1 cm³/mol. The summed E-state index contributed by atoms with van der Waals surface area (Å²) in [5.41, 5.74) is 3.83. The number of para-hydroxylation sites is 2. The van der Waals surface area contributed by atoms with Crippen molar-refractivity contribution in [1.29, 1.82) is 0 Å². The maximum atomic E-state index is 13.1. The van der Waals surface area contributed by atoms with Crippen molar-refractivity contribution in [1.82, 2.24) is 5.43 Å². The lowest BCUT2D eigenvalue weighted by Gasteiger charge is -2.28. The van der Waals surface area contributed by atoms with Crippen LogP contribution in [0.5, 0.6) is 5.75 Å². The van der Waals surface area contributed by atoms with Gasteiger partial charge in [0.1, 0.15) is 18.1 Å². The number of hydrazone groups is 1. The van der Waals surface area contributed by atoms with E-state index in [2.05, 4.69) is 10.5 Å². The normalized spacial score (nSPS) is 13.9. The molecule has 3 rings (SSSR count). The molecular weight excluding hydrogens is 361 g/mol. The lowest BCUT2D eigenvalue weighted by molar-refractivity contribution is -0.125. The number of fused-ring (bicyclic) bond motifs is 1. The van der Waals surface area contributed by atoms with Crippen LogP contribution >= 0.6 is 11.6 Å². The molecule has 0 aromatic heterocycles. The van der Waals surface area contributed by atoms with Crippen molar-refractivity contribution in [2.24, 2.45) is 5.10 Å². The molecule has 0 spiro atoms. The SMILES string of the molecule is C/C(=N/NC(=O)CN1C(=O)COc2ccccc21)c1ccc(F)cc1Cl. The third-order valence-electron chi connectivity index (χ3n) is 3.78. The highest BCUT2D eigenvalue weighted by Crippen LogP contribution is 2.31. The molecule has 0 radical (unpaired) electrons. The van der Waals surface area contributed by atoms with Gasteiger partial charge in [0.2, 0.25) is 0 Å². The topological polar surface area (TPSA) is 71.0 Å². The third-order valence-corrected chi connectivity index (χ3v) is 4.09. The number of hydrogen-bond acceptors (Lipinski definition) is 4. The highest BCUT2D eigenvalue weighted by Gasteiger charge is 2.26. The second-order valence-electron chi connectivity index (χ2n) is 5.59. The molecule has 1 N–H and O–H groups in total. The molecule has 8 heteroatoms. The van der Waals surface area contributed by atoms with Crippen molar-refractivity contribution in [2.45, 2.75) is 6.92 Å². The summed E-state index contributed by atoms with van der Waals surface area (Å²) in [4.78, 5) is 25.6. The molecule has 134 valence electrons. The van der Waals surface area contributed by atoms with Crippen molar-refractivity contribution in [3.63, 3.8) is 0 Å². The minimum Gasteiger partial charge on any atom is -0.482 e. The van der Waals surface area contributed by atoms with Gasteiger partial charge in [0.15, 0.2) is 6.61 Å². The average Bonchev–Trinajstić information content (AvgIpc) is 2.62. The molecule has 0 saturated heterocycles. The molecule has 2 aromatic carbocycles. The summed E-state index contributed by atoms with van der Waals surface area (Å²) in [5.74, 6) is -0.716. The van der Waals surface area contributed by atoms with Crippen LogP contribution in [0, 0.1) is 5.82 Å². The Labute approximate surface area is 154 Å². The molecule has 0 bridgehead atoms. The summed E-state index contributed by atoms with van der Waals surface area (Å²) in [6.45, 7) is 1.31. The fourth-order valence-corrected chi connectivity index (χ4v) is 2.80. The lowest BCUT2D eigenvalue weighted by atomic mass is 10.1. The van der Waals surface area contributed by atoms with Crippen LogP contribution in [-0.4, -0.2) is 30.7 Å².